The van der Waals surface area contributed by atoms with Crippen LogP contribution in [-0.2, 0) is 0 Å². The Hall–Kier alpha value is -1.56. The summed E-state index contributed by atoms with van der Waals surface area (Å²) in [7, 11) is 0. The fourth-order valence-electron chi connectivity index (χ4n) is 1.94. The molecule has 0 nitrogen and oxygen atoms in total. The number of hydrogen-bond donors (Lipinski definition) is 0. The van der Waals surface area contributed by atoms with Crippen LogP contribution in [0.2, 0.25) is 0 Å². The van der Waals surface area contributed by atoms with Crippen LogP contribution in [0.5, 0.6) is 0 Å². The lowest BCUT2D eigenvalue weighted by Crippen LogP contribution is -1.87. The minimum Gasteiger partial charge on any atom is -0.0620 e. The largest absolute Gasteiger partial charge is 0.0620 e. The van der Waals surface area contributed by atoms with Crippen molar-refractivity contribution in [1.29, 1.82) is 0 Å². The minimum absolute atomic E-state index is 0.603. The van der Waals surface area contributed by atoms with Gasteiger partial charge in [-0.3, -0.25) is 0 Å². The molecule has 16 heavy (non-hydrogen) atoms. The van der Waals surface area contributed by atoms with E-state index < -0.39 is 0 Å². The van der Waals surface area contributed by atoms with Crippen LogP contribution in [0.1, 0.15) is 30.9 Å². The van der Waals surface area contributed by atoms with E-state index in [1.807, 2.05) is 0 Å². The Kier molecular flexibility index (Phi) is 3.09. The van der Waals surface area contributed by atoms with Gasteiger partial charge in [0.2, 0.25) is 0 Å². The fraction of sp³-hybridized carbons (Fsp3) is 0.250. The highest BCUT2D eigenvalue weighted by atomic mass is 14.1. The standard InChI is InChI=1S/C16H18/c1-12(2)14-8-10-15(11-9-14)16-7-5-4-6-13(16)3/h4-12H,1-3H3. The third-order valence-electron chi connectivity index (χ3n) is 3.03. The van der Waals surface area contributed by atoms with Crippen LogP contribution >= 0.6 is 0 Å². The highest BCUT2D eigenvalue weighted by Crippen LogP contribution is 2.25. The molecule has 0 radical (unpaired) electrons. The van der Waals surface area contributed by atoms with Crippen LogP contribution < -0.4 is 0 Å². The molecule has 2 aromatic carbocycles. The van der Waals surface area contributed by atoms with Crippen LogP contribution in [0.4, 0.5) is 0 Å². The summed E-state index contributed by atoms with van der Waals surface area (Å²) in [5, 5.41) is 0. The summed E-state index contributed by atoms with van der Waals surface area (Å²) in [4.78, 5) is 0. The van der Waals surface area contributed by atoms with Crippen LogP contribution in [-0.4, -0.2) is 0 Å². The van der Waals surface area contributed by atoms with Gasteiger partial charge in [-0.25, -0.2) is 0 Å². The molecule has 0 N–H and O–H groups in total. The Morgan fingerprint density at radius 1 is 0.812 bits per heavy atom. The predicted octanol–water partition coefficient (Wildman–Crippen LogP) is 4.79. The van der Waals surface area contributed by atoms with Gasteiger partial charge in [-0.15, -0.1) is 0 Å². The maximum Gasteiger partial charge on any atom is -0.0155 e. The molecular weight excluding hydrogens is 192 g/mol. The molecule has 0 unspecified atom stereocenters. The van der Waals surface area contributed by atoms with Crippen molar-refractivity contribution >= 4 is 0 Å². The molecule has 0 saturated heterocycles. The van der Waals surface area contributed by atoms with Crippen molar-refractivity contribution in [2.24, 2.45) is 0 Å². The van der Waals surface area contributed by atoms with Crippen LogP contribution in [0.15, 0.2) is 48.5 Å². The molecule has 2 rings (SSSR count). The summed E-state index contributed by atoms with van der Waals surface area (Å²) in [5.41, 5.74) is 5.37. The lowest BCUT2D eigenvalue weighted by Gasteiger charge is -2.08. The summed E-state index contributed by atoms with van der Waals surface area (Å²) in [5.74, 6) is 0.603. The van der Waals surface area contributed by atoms with Gasteiger partial charge in [-0.1, -0.05) is 62.4 Å². The Morgan fingerprint density at radius 3 is 2.00 bits per heavy atom. The van der Waals surface area contributed by atoms with Gasteiger partial charge in [0.25, 0.3) is 0 Å². The van der Waals surface area contributed by atoms with Crippen molar-refractivity contribution in [2.75, 3.05) is 0 Å². The first kappa shape index (κ1) is 10.9. The maximum atomic E-state index is 2.23. The van der Waals surface area contributed by atoms with E-state index in [1.54, 1.807) is 0 Å². The smallest absolute Gasteiger partial charge is 0.0155 e. The van der Waals surface area contributed by atoms with Gasteiger partial charge in [-0.2, -0.15) is 0 Å². The van der Waals surface area contributed by atoms with Gasteiger partial charge < -0.3 is 0 Å². The van der Waals surface area contributed by atoms with Crippen molar-refractivity contribution in [1.82, 2.24) is 0 Å². The number of rotatable bonds is 2. The van der Waals surface area contributed by atoms with E-state index in [9.17, 15) is 0 Å². The Bertz CT molecular complexity index is 464. The highest BCUT2D eigenvalue weighted by Gasteiger charge is 2.02. The van der Waals surface area contributed by atoms with E-state index in [1.165, 1.54) is 22.3 Å². The van der Waals surface area contributed by atoms with E-state index in [4.69, 9.17) is 0 Å². The average Bonchev–Trinajstić information content (AvgIpc) is 2.30. The first-order valence-electron chi connectivity index (χ1n) is 5.84. The summed E-state index contributed by atoms with van der Waals surface area (Å²) in [6, 6.07) is 17.4. The lowest BCUT2D eigenvalue weighted by atomic mass is 9.97. The van der Waals surface area contributed by atoms with Crippen LogP contribution in [0, 0.1) is 6.92 Å². The second-order valence-electron chi connectivity index (χ2n) is 4.59. The average molecular weight is 210 g/mol. The molecule has 0 aliphatic heterocycles. The topological polar surface area (TPSA) is 0 Å². The van der Waals surface area contributed by atoms with Gasteiger partial charge in [0.1, 0.15) is 0 Å². The van der Waals surface area contributed by atoms with E-state index in [2.05, 4.69) is 69.3 Å². The zero-order valence-electron chi connectivity index (χ0n) is 10.2. The van der Waals surface area contributed by atoms with Gasteiger partial charge in [-0.05, 0) is 35.1 Å². The highest BCUT2D eigenvalue weighted by molar-refractivity contribution is 5.67. The molecule has 0 amide bonds. The maximum absolute atomic E-state index is 2.23. The number of aryl methyl sites for hydroxylation is 1. The van der Waals surface area contributed by atoms with E-state index in [0.717, 1.165) is 0 Å². The fourth-order valence-corrected chi connectivity index (χ4v) is 1.94. The molecule has 0 heterocycles. The molecule has 0 fully saturated rings. The summed E-state index contributed by atoms with van der Waals surface area (Å²) >= 11 is 0. The zero-order valence-corrected chi connectivity index (χ0v) is 10.2. The molecule has 82 valence electrons. The lowest BCUT2D eigenvalue weighted by molar-refractivity contribution is 0.867. The zero-order chi connectivity index (χ0) is 11.5. The van der Waals surface area contributed by atoms with Crippen molar-refractivity contribution in [3.05, 3.63) is 59.7 Å². The first-order valence-corrected chi connectivity index (χ1v) is 5.84. The number of benzene rings is 2. The summed E-state index contributed by atoms with van der Waals surface area (Å²) in [6.07, 6.45) is 0. The van der Waals surface area contributed by atoms with Crippen molar-refractivity contribution in [2.45, 2.75) is 26.7 Å². The molecule has 2 aromatic rings. The van der Waals surface area contributed by atoms with E-state index >= 15 is 0 Å². The molecule has 0 spiro atoms. The van der Waals surface area contributed by atoms with Crippen molar-refractivity contribution in [3.8, 4) is 11.1 Å². The molecule has 0 aromatic heterocycles. The minimum atomic E-state index is 0.603. The van der Waals surface area contributed by atoms with Crippen LogP contribution in [0.3, 0.4) is 0 Å². The van der Waals surface area contributed by atoms with Gasteiger partial charge in [0.05, 0.1) is 0 Å². The van der Waals surface area contributed by atoms with E-state index in [-0.39, 0.29) is 0 Å². The summed E-state index contributed by atoms with van der Waals surface area (Å²) in [6.45, 7) is 6.61. The Balaban J connectivity index is 2.39. The summed E-state index contributed by atoms with van der Waals surface area (Å²) < 4.78 is 0. The van der Waals surface area contributed by atoms with E-state index in [0.29, 0.717) is 5.92 Å². The quantitative estimate of drug-likeness (QED) is 0.668. The SMILES string of the molecule is Cc1ccccc1-c1ccc(C(C)C)cc1. The molecular formula is C16H18. The molecule has 0 heteroatoms. The molecule has 0 atom stereocenters. The Morgan fingerprint density at radius 2 is 1.44 bits per heavy atom. The second kappa shape index (κ2) is 4.52. The van der Waals surface area contributed by atoms with Gasteiger partial charge >= 0.3 is 0 Å². The van der Waals surface area contributed by atoms with Crippen LogP contribution in [0.25, 0.3) is 11.1 Å². The normalized spacial score (nSPS) is 10.8. The van der Waals surface area contributed by atoms with Gasteiger partial charge in [0.15, 0.2) is 0 Å². The third-order valence-corrected chi connectivity index (χ3v) is 3.03. The number of hydrogen-bond acceptors (Lipinski definition) is 0. The van der Waals surface area contributed by atoms with Crippen molar-refractivity contribution in [3.63, 3.8) is 0 Å². The first-order chi connectivity index (χ1) is 7.68. The predicted molar refractivity (Wildman–Crippen MR) is 70.7 cm³/mol. The van der Waals surface area contributed by atoms with Crippen molar-refractivity contribution < 1.29 is 0 Å². The molecule has 0 saturated carbocycles. The molecule has 0 bridgehead atoms. The van der Waals surface area contributed by atoms with Gasteiger partial charge in [0, 0.05) is 0 Å². The molecule has 0 aliphatic rings. The second-order valence-corrected chi connectivity index (χ2v) is 4.59. The Labute approximate surface area is 97.9 Å². The molecule has 0 aliphatic carbocycles. The monoisotopic (exact) mass is 210 g/mol. The third kappa shape index (κ3) is 2.16.